The first-order chi connectivity index (χ1) is 11.8. The maximum Gasteiger partial charge on any atom is 0.328 e. The molecule has 1 amide bonds. The van der Waals surface area contributed by atoms with Crippen LogP contribution in [0, 0.1) is 0 Å². The zero-order valence-electron chi connectivity index (χ0n) is 13.3. The van der Waals surface area contributed by atoms with Crippen molar-refractivity contribution in [2.45, 2.75) is 19.5 Å². The number of carbonyl (C=O) groups is 2. The summed E-state index contributed by atoms with van der Waals surface area (Å²) in [6, 6.07) is 7.80. The van der Waals surface area contributed by atoms with Gasteiger partial charge in [0.05, 0.1) is 6.04 Å². The standard InChI is InChI=1S/C16H16ClN3O5/c1-10(11-2-4-12(17)5-3-11)18-14(22)9-25-15(23)8-20-7-6-13(21)19-16(20)24/h2-7,10H,8-9H2,1H3,(H,18,22)(H,19,21,24)/t10-/m1/s1. The number of nitrogens with zero attached hydrogens (tertiary/aromatic N) is 1. The van der Waals surface area contributed by atoms with Crippen molar-refractivity contribution < 1.29 is 14.3 Å². The molecule has 2 rings (SSSR count). The molecule has 1 aromatic heterocycles. The molecule has 0 saturated carbocycles. The van der Waals surface area contributed by atoms with Gasteiger partial charge in [-0.25, -0.2) is 4.79 Å². The zero-order chi connectivity index (χ0) is 18.4. The van der Waals surface area contributed by atoms with Crippen LogP contribution in [-0.2, 0) is 20.9 Å². The maximum atomic E-state index is 11.8. The highest BCUT2D eigenvalue weighted by molar-refractivity contribution is 6.30. The van der Waals surface area contributed by atoms with Crippen molar-refractivity contribution >= 4 is 23.5 Å². The Morgan fingerprint density at radius 3 is 2.56 bits per heavy atom. The number of aromatic nitrogens is 2. The van der Waals surface area contributed by atoms with Crippen LogP contribution in [0.5, 0.6) is 0 Å². The molecule has 1 aromatic carbocycles. The Kier molecular flexibility index (Phi) is 6.13. The molecule has 8 nitrogen and oxygen atoms in total. The highest BCUT2D eigenvalue weighted by Crippen LogP contribution is 2.15. The molecule has 25 heavy (non-hydrogen) atoms. The third-order valence-electron chi connectivity index (χ3n) is 3.31. The first kappa shape index (κ1) is 18.5. The number of halogens is 1. The van der Waals surface area contributed by atoms with Crippen LogP contribution < -0.4 is 16.6 Å². The lowest BCUT2D eigenvalue weighted by atomic mass is 10.1. The summed E-state index contributed by atoms with van der Waals surface area (Å²) >= 11 is 5.80. The fourth-order valence-electron chi connectivity index (χ4n) is 2.02. The monoisotopic (exact) mass is 365 g/mol. The minimum Gasteiger partial charge on any atom is -0.454 e. The summed E-state index contributed by atoms with van der Waals surface area (Å²) in [4.78, 5) is 47.9. The van der Waals surface area contributed by atoms with Crippen molar-refractivity contribution in [3.8, 4) is 0 Å². The Morgan fingerprint density at radius 1 is 1.24 bits per heavy atom. The van der Waals surface area contributed by atoms with Gasteiger partial charge in [0.15, 0.2) is 6.61 Å². The van der Waals surface area contributed by atoms with Gasteiger partial charge in [-0.2, -0.15) is 0 Å². The van der Waals surface area contributed by atoms with E-state index in [0.717, 1.165) is 16.2 Å². The largest absolute Gasteiger partial charge is 0.454 e. The summed E-state index contributed by atoms with van der Waals surface area (Å²) in [5, 5.41) is 3.27. The molecule has 0 aliphatic carbocycles. The number of nitrogens with one attached hydrogen (secondary N) is 2. The molecule has 0 spiro atoms. The van der Waals surface area contributed by atoms with Crippen LogP contribution in [0.1, 0.15) is 18.5 Å². The van der Waals surface area contributed by atoms with Crippen molar-refractivity contribution in [1.82, 2.24) is 14.9 Å². The molecule has 1 atom stereocenters. The Balaban J connectivity index is 1.82. The van der Waals surface area contributed by atoms with E-state index >= 15 is 0 Å². The van der Waals surface area contributed by atoms with Crippen LogP contribution in [0.2, 0.25) is 5.02 Å². The van der Waals surface area contributed by atoms with Gasteiger partial charge in [0.2, 0.25) is 0 Å². The molecule has 132 valence electrons. The quantitative estimate of drug-likeness (QED) is 0.729. The predicted octanol–water partition coefficient (Wildman–Crippen LogP) is 0.611. The maximum absolute atomic E-state index is 11.8. The van der Waals surface area contributed by atoms with E-state index in [-0.39, 0.29) is 6.04 Å². The number of benzene rings is 1. The zero-order valence-corrected chi connectivity index (χ0v) is 14.1. The third-order valence-corrected chi connectivity index (χ3v) is 3.56. The molecule has 0 unspecified atom stereocenters. The number of hydrogen-bond acceptors (Lipinski definition) is 5. The molecule has 1 heterocycles. The Bertz CT molecular complexity index is 872. The van der Waals surface area contributed by atoms with Crippen molar-refractivity contribution in [2.24, 2.45) is 0 Å². The summed E-state index contributed by atoms with van der Waals surface area (Å²) in [7, 11) is 0. The lowest BCUT2D eigenvalue weighted by Gasteiger charge is -2.14. The van der Waals surface area contributed by atoms with E-state index in [2.05, 4.69) is 5.32 Å². The van der Waals surface area contributed by atoms with Gasteiger partial charge in [0, 0.05) is 17.3 Å². The average molecular weight is 366 g/mol. The molecular formula is C16H16ClN3O5. The van der Waals surface area contributed by atoms with Gasteiger partial charge in [-0.1, -0.05) is 23.7 Å². The molecule has 0 fully saturated rings. The van der Waals surface area contributed by atoms with E-state index < -0.39 is 36.3 Å². The Morgan fingerprint density at radius 2 is 1.92 bits per heavy atom. The average Bonchev–Trinajstić information content (AvgIpc) is 2.56. The SMILES string of the molecule is C[C@@H](NC(=O)COC(=O)Cn1ccc(=O)[nH]c1=O)c1ccc(Cl)cc1. The Labute approximate surface area is 147 Å². The van der Waals surface area contributed by atoms with Crippen LogP contribution in [-0.4, -0.2) is 28.0 Å². The number of carbonyl (C=O) groups excluding carboxylic acids is 2. The number of rotatable bonds is 6. The van der Waals surface area contributed by atoms with Gasteiger partial charge >= 0.3 is 11.7 Å². The predicted molar refractivity (Wildman–Crippen MR) is 90.3 cm³/mol. The van der Waals surface area contributed by atoms with Crippen molar-refractivity contribution in [3.63, 3.8) is 0 Å². The number of H-pyrrole nitrogens is 1. The Hall–Kier alpha value is -2.87. The summed E-state index contributed by atoms with van der Waals surface area (Å²) in [5.74, 6) is -1.26. The van der Waals surface area contributed by atoms with Gasteiger partial charge in [-0.15, -0.1) is 0 Å². The smallest absolute Gasteiger partial charge is 0.328 e. The number of ether oxygens (including phenoxy) is 1. The topological polar surface area (TPSA) is 110 Å². The van der Waals surface area contributed by atoms with E-state index in [9.17, 15) is 19.2 Å². The first-order valence-corrected chi connectivity index (χ1v) is 7.73. The van der Waals surface area contributed by atoms with Crippen LogP contribution in [0.15, 0.2) is 46.1 Å². The van der Waals surface area contributed by atoms with E-state index in [0.29, 0.717) is 5.02 Å². The molecule has 0 aliphatic heterocycles. The fourth-order valence-corrected chi connectivity index (χ4v) is 2.14. The van der Waals surface area contributed by atoms with E-state index in [1.165, 1.54) is 6.20 Å². The summed E-state index contributed by atoms with van der Waals surface area (Å²) in [6.07, 6.45) is 1.17. The van der Waals surface area contributed by atoms with Crippen LogP contribution in [0.25, 0.3) is 0 Å². The minimum absolute atomic E-state index is 0.287. The van der Waals surface area contributed by atoms with Crippen LogP contribution >= 0.6 is 11.6 Å². The summed E-state index contributed by atoms with van der Waals surface area (Å²) in [6.45, 7) is 0.896. The number of esters is 1. The first-order valence-electron chi connectivity index (χ1n) is 7.35. The second-order valence-electron chi connectivity index (χ2n) is 5.24. The normalized spacial score (nSPS) is 11.6. The molecular weight excluding hydrogens is 350 g/mol. The molecule has 0 saturated heterocycles. The second kappa shape index (κ2) is 8.29. The van der Waals surface area contributed by atoms with Gasteiger partial charge < -0.3 is 10.1 Å². The molecule has 0 aliphatic rings. The second-order valence-corrected chi connectivity index (χ2v) is 5.68. The molecule has 9 heteroatoms. The van der Waals surface area contributed by atoms with Crippen molar-refractivity contribution in [1.29, 1.82) is 0 Å². The highest BCUT2D eigenvalue weighted by atomic mass is 35.5. The minimum atomic E-state index is -0.775. The lowest BCUT2D eigenvalue weighted by molar-refractivity contribution is -0.149. The van der Waals surface area contributed by atoms with Gasteiger partial charge in [0.25, 0.3) is 11.5 Å². The molecule has 0 bridgehead atoms. The number of aromatic amines is 1. The molecule has 0 radical (unpaired) electrons. The van der Waals surface area contributed by atoms with Gasteiger partial charge in [0.1, 0.15) is 6.54 Å². The molecule has 2 aromatic rings. The summed E-state index contributed by atoms with van der Waals surface area (Å²) in [5.41, 5.74) is -0.445. The van der Waals surface area contributed by atoms with Crippen molar-refractivity contribution in [3.05, 3.63) is 68.0 Å². The van der Waals surface area contributed by atoms with Crippen LogP contribution in [0.4, 0.5) is 0 Å². The third kappa shape index (κ3) is 5.61. The van der Waals surface area contributed by atoms with Gasteiger partial charge in [-0.05, 0) is 24.6 Å². The van der Waals surface area contributed by atoms with Gasteiger partial charge in [-0.3, -0.25) is 23.9 Å². The van der Waals surface area contributed by atoms with Crippen molar-refractivity contribution in [2.75, 3.05) is 6.61 Å². The van der Waals surface area contributed by atoms with E-state index in [1.54, 1.807) is 31.2 Å². The number of hydrogen-bond donors (Lipinski definition) is 2. The highest BCUT2D eigenvalue weighted by Gasteiger charge is 2.12. The number of amides is 1. The van der Waals surface area contributed by atoms with Crippen LogP contribution in [0.3, 0.4) is 0 Å². The van der Waals surface area contributed by atoms with E-state index in [1.807, 2.05) is 4.98 Å². The molecule has 2 N–H and O–H groups in total. The lowest BCUT2D eigenvalue weighted by Crippen LogP contribution is -2.34. The van der Waals surface area contributed by atoms with E-state index in [4.69, 9.17) is 16.3 Å². The summed E-state index contributed by atoms with van der Waals surface area (Å²) < 4.78 is 5.80. The fraction of sp³-hybridized carbons (Fsp3) is 0.250.